The zero-order valence-corrected chi connectivity index (χ0v) is 13.5. The Kier molecular flexibility index (Phi) is 4.71. The minimum absolute atomic E-state index is 0.0514. The quantitative estimate of drug-likeness (QED) is 0.920. The van der Waals surface area contributed by atoms with Gasteiger partial charge in [-0.25, -0.2) is 0 Å². The van der Waals surface area contributed by atoms with Gasteiger partial charge in [-0.05, 0) is 57.0 Å². The van der Waals surface area contributed by atoms with Gasteiger partial charge in [-0.1, -0.05) is 0 Å². The molecule has 4 nitrogen and oxygen atoms in total. The molecule has 2 saturated heterocycles. The molecule has 0 bridgehead atoms. The van der Waals surface area contributed by atoms with Gasteiger partial charge in [0, 0.05) is 24.8 Å². The Morgan fingerprint density at radius 1 is 1.08 bits per heavy atom. The van der Waals surface area contributed by atoms with Crippen LogP contribution in [-0.2, 0) is 6.18 Å². The first-order chi connectivity index (χ1) is 11.4. The fraction of sp³-hybridized carbons (Fsp3) is 0.588. The third kappa shape index (κ3) is 3.50. The summed E-state index contributed by atoms with van der Waals surface area (Å²) < 4.78 is 38.6. The highest BCUT2D eigenvalue weighted by Crippen LogP contribution is 2.34. The van der Waals surface area contributed by atoms with Crippen LogP contribution in [0.3, 0.4) is 0 Å². The van der Waals surface area contributed by atoms with Gasteiger partial charge in [-0.2, -0.15) is 13.2 Å². The standard InChI is InChI=1S/C17H22F3N3O/c18-17(19,20)12-3-4-15(14(11-12)16(21)24)23-9-5-13(6-10-23)22-7-1-2-8-22/h3-4,11,13H,1-2,5-10H2,(H2,21,24). The molecule has 0 spiro atoms. The number of benzene rings is 1. The van der Waals surface area contributed by atoms with Crippen molar-refractivity contribution < 1.29 is 18.0 Å². The Hall–Kier alpha value is -1.76. The van der Waals surface area contributed by atoms with E-state index in [-0.39, 0.29) is 5.56 Å². The molecule has 0 radical (unpaired) electrons. The molecule has 24 heavy (non-hydrogen) atoms. The second-order valence-corrected chi connectivity index (χ2v) is 6.56. The van der Waals surface area contributed by atoms with Gasteiger partial charge < -0.3 is 15.5 Å². The van der Waals surface area contributed by atoms with Gasteiger partial charge in [-0.3, -0.25) is 4.79 Å². The summed E-state index contributed by atoms with van der Waals surface area (Å²) in [6.07, 6.45) is -0.0835. The highest BCUT2D eigenvalue weighted by molar-refractivity contribution is 5.99. The molecule has 0 atom stereocenters. The number of anilines is 1. The molecule has 1 amide bonds. The molecule has 2 fully saturated rings. The van der Waals surface area contributed by atoms with E-state index in [1.165, 1.54) is 18.9 Å². The fourth-order valence-electron chi connectivity index (χ4n) is 3.76. The molecule has 0 aromatic heterocycles. The molecular weight excluding hydrogens is 319 g/mol. The minimum Gasteiger partial charge on any atom is -0.371 e. The number of likely N-dealkylation sites (tertiary alicyclic amines) is 1. The monoisotopic (exact) mass is 341 g/mol. The first kappa shape index (κ1) is 17.1. The number of carbonyl (C=O) groups is 1. The van der Waals surface area contributed by atoms with Gasteiger partial charge in [0.15, 0.2) is 0 Å². The number of nitrogens with zero attached hydrogens (tertiary/aromatic N) is 2. The van der Waals surface area contributed by atoms with E-state index in [9.17, 15) is 18.0 Å². The second-order valence-electron chi connectivity index (χ2n) is 6.56. The number of carbonyl (C=O) groups excluding carboxylic acids is 1. The first-order valence-electron chi connectivity index (χ1n) is 8.36. The molecular formula is C17H22F3N3O. The number of halogens is 3. The van der Waals surface area contributed by atoms with Crippen LogP contribution < -0.4 is 10.6 Å². The predicted molar refractivity (Wildman–Crippen MR) is 86.0 cm³/mol. The molecule has 0 saturated carbocycles. The lowest BCUT2D eigenvalue weighted by Gasteiger charge is -2.38. The summed E-state index contributed by atoms with van der Waals surface area (Å²) in [5, 5.41) is 0. The van der Waals surface area contributed by atoms with Crippen LogP contribution in [0.4, 0.5) is 18.9 Å². The normalized spacial score (nSPS) is 20.5. The van der Waals surface area contributed by atoms with Crippen LogP contribution in [-0.4, -0.2) is 43.0 Å². The lowest BCUT2D eigenvalue weighted by atomic mass is 10.0. The van der Waals surface area contributed by atoms with Crippen LogP contribution in [0, 0.1) is 0 Å². The van der Waals surface area contributed by atoms with Gasteiger partial charge in [-0.15, -0.1) is 0 Å². The van der Waals surface area contributed by atoms with Crippen molar-refractivity contribution in [1.82, 2.24) is 4.90 Å². The molecule has 1 aromatic rings. The third-order valence-corrected chi connectivity index (χ3v) is 5.05. The Balaban J connectivity index is 1.76. The fourth-order valence-corrected chi connectivity index (χ4v) is 3.76. The first-order valence-corrected chi connectivity index (χ1v) is 8.36. The van der Waals surface area contributed by atoms with E-state index < -0.39 is 17.6 Å². The molecule has 0 aliphatic carbocycles. The third-order valence-electron chi connectivity index (χ3n) is 5.05. The summed E-state index contributed by atoms with van der Waals surface area (Å²) in [5.41, 5.74) is 4.94. The summed E-state index contributed by atoms with van der Waals surface area (Å²) in [7, 11) is 0. The van der Waals surface area contributed by atoms with E-state index in [1.807, 2.05) is 4.90 Å². The number of primary amides is 1. The van der Waals surface area contributed by atoms with Crippen LogP contribution in [0.25, 0.3) is 0 Å². The maximum atomic E-state index is 12.9. The Morgan fingerprint density at radius 3 is 2.25 bits per heavy atom. The highest BCUT2D eigenvalue weighted by Gasteiger charge is 2.33. The summed E-state index contributed by atoms with van der Waals surface area (Å²) in [5.74, 6) is -0.822. The average molecular weight is 341 g/mol. The zero-order valence-electron chi connectivity index (χ0n) is 13.5. The van der Waals surface area contributed by atoms with E-state index in [0.717, 1.165) is 51.2 Å². The van der Waals surface area contributed by atoms with E-state index in [1.54, 1.807) is 0 Å². The van der Waals surface area contributed by atoms with Gasteiger partial charge in [0.2, 0.25) is 0 Å². The number of amides is 1. The maximum Gasteiger partial charge on any atom is 0.416 e. The van der Waals surface area contributed by atoms with E-state index in [2.05, 4.69) is 4.90 Å². The van der Waals surface area contributed by atoms with Crippen molar-refractivity contribution >= 4 is 11.6 Å². The number of hydrogen-bond donors (Lipinski definition) is 1. The van der Waals surface area contributed by atoms with Crippen molar-refractivity contribution in [2.75, 3.05) is 31.1 Å². The topological polar surface area (TPSA) is 49.6 Å². The van der Waals surface area contributed by atoms with Gasteiger partial charge in [0.25, 0.3) is 5.91 Å². The SMILES string of the molecule is NC(=O)c1cc(C(F)(F)F)ccc1N1CCC(N2CCCC2)CC1. The number of alkyl halides is 3. The minimum atomic E-state index is -4.48. The Labute approximate surface area is 139 Å². The van der Waals surface area contributed by atoms with Crippen molar-refractivity contribution in [3.8, 4) is 0 Å². The van der Waals surface area contributed by atoms with Crippen molar-refractivity contribution in [3.63, 3.8) is 0 Å². The number of nitrogens with two attached hydrogens (primary N) is 1. The molecule has 132 valence electrons. The summed E-state index contributed by atoms with van der Waals surface area (Å²) in [4.78, 5) is 16.1. The smallest absolute Gasteiger partial charge is 0.371 e. The van der Waals surface area contributed by atoms with Gasteiger partial charge in [0.05, 0.1) is 11.1 Å². The van der Waals surface area contributed by atoms with E-state index in [0.29, 0.717) is 11.7 Å². The lowest BCUT2D eigenvalue weighted by molar-refractivity contribution is -0.137. The molecule has 2 N–H and O–H groups in total. The van der Waals surface area contributed by atoms with Gasteiger partial charge >= 0.3 is 6.18 Å². The highest BCUT2D eigenvalue weighted by atomic mass is 19.4. The molecule has 7 heteroatoms. The number of hydrogen-bond acceptors (Lipinski definition) is 3. The van der Waals surface area contributed by atoms with Crippen LogP contribution in [0.1, 0.15) is 41.6 Å². The van der Waals surface area contributed by atoms with E-state index >= 15 is 0 Å². The van der Waals surface area contributed by atoms with Crippen LogP contribution in [0.2, 0.25) is 0 Å². The molecule has 1 aromatic carbocycles. The van der Waals surface area contributed by atoms with Crippen LogP contribution in [0.5, 0.6) is 0 Å². The van der Waals surface area contributed by atoms with Crippen molar-refractivity contribution in [2.24, 2.45) is 5.73 Å². The van der Waals surface area contributed by atoms with Crippen molar-refractivity contribution in [2.45, 2.75) is 37.9 Å². The van der Waals surface area contributed by atoms with Crippen molar-refractivity contribution in [3.05, 3.63) is 29.3 Å². The zero-order chi connectivity index (χ0) is 17.3. The van der Waals surface area contributed by atoms with E-state index in [4.69, 9.17) is 5.73 Å². The molecule has 2 aliphatic rings. The number of rotatable bonds is 3. The summed E-state index contributed by atoms with van der Waals surface area (Å²) in [6, 6.07) is 3.80. The average Bonchev–Trinajstić information content (AvgIpc) is 3.08. The summed E-state index contributed by atoms with van der Waals surface area (Å²) in [6.45, 7) is 3.73. The molecule has 2 aliphatic heterocycles. The molecule has 3 rings (SSSR count). The molecule has 2 heterocycles. The van der Waals surface area contributed by atoms with Crippen molar-refractivity contribution in [1.29, 1.82) is 0 Å². The summed E-state index contributed by atoms with van der Waals surface area (Å²) >= 11 is 0. The Morgan fingerprint density at radius 2 is 1.71 bits per heavy atom. The molecule has 0 unspecified atom stereocenters. The largest absolute Gasteiger partial charge is 0.416 e. The van der Waals surface area contributed by atoms with Crippen LogP contribution in [0.15, 0.2) is 18.2 Å². The second kappa shape index (κ2) is 6.63. The van der Waals surface area contributed by atoms with Gasteiger partial charge in [0.1, 0.15) is 0 Å². The lowest BCUT2D eigenvalue weighted by Crippen LogP contribution is -2.44. The maximum absolute atomic E-state index is 12.9. The van der Waals surface area contributed by atoms with Crippen LogP contribution >= 0.6 is 0 Å². The predicted octanol–water partition coefficient (Wildman–Crippen LogP) is 2.87. The number of piperidine rings is 1. The Bertz CT molecular complexity index is 604.